The van der Waals surface area contributed by atoms with Gasteiger partial charge in [-0.2, -0.15) is 5.10 Å². The Hall–Kier alpha value is -0.590. The van der Waals surface area contributed by atoms with E-state index in [9.17, 15) is 4.79 Å². The summed E-state index contributed by atoms with van der Waals surface area (Å²) in [6.07, 6.45) is 4.15. The van der Waals surface area contributed by atoms with Crippen molar-refractivity contribution in [3.05, 3.63) is 15.5 Å². The third-order valence-corrected chi connectivity index (χ3v) is 4.00. The van der Waals surface area contributed by atoms with Crippen LogP contribution in [0.1, 0.15) is 43.1 Å². The minimum Gasteiger partial charge on any atom is -0.462 e. The van der Waals surface area contributed by atoms with Crippen molar-refractivity contribution in [1.29, 1.82) is 0 Å². The van der Waals surface area contributed by atoms with Crippen LogP contribution in [0.25, 0.3) is 0 Å². The number of rotatable bonds is 4. The summed E-state index contributed by atoms with van der Waals surface area (Å²) in [5, 5.41) is 4.29. The quantitative estimate of drug-likeness (QED) is 0.628. The van der Waals surface area contributed by atoms with E-state index in [1.54, 1.807) is 6.20 Å². The SMILES string of the molecule is CCOC(=O)c1cnn([C@@H](C)C2CC2)c1I. The third kappa shape index (κ3) is 2.23. The molecule has 1 aromatic rings. The number of carbonyl (C=O) groups excluding carboxylic acids is 1. The van der Waals surface area contributed by atoms with Gasteiger partial charge in [-0.05, 0) is 55.2 Å². The summed E-state index contributed by atoms with van der Waals surface area (Å²) >= 11 is 2.17. The first-order chi connectivity index (χ1) is 7.65. The molecule has 0 radical (unpaired) electrons. The van der Waals surface area contributed by atoms with Crippen molar-refractivity contribution >= 4 is 28.6 Å². The number of hydrogen-bond donors (Lipinski definition) is 0. The minimum absolute atomic E-state index is 0.277. The summed E-state index contributed by atoms with van der Waals surface area (Å²) in [6, 6.07) is 0.384. The normalized spacial score (nSPS) is 17.2. The predicted molar refractivity (Wildman–Crippen MR) is 68.3 cm³/mol. The zero-order valence-electron chi connectivity index (χ0n) is 9.44. The van der Waals surface area contributed by atoms with Crippen LogP contribution in [-0.4, -0.2) is 22.4 Å². The molecule has 88 valence electrons. The molecule has 1 saturated carbocycles. The van der Waals surface area contributed by atoms with Crippen molar-refractivity contribution in [3.63, 3.8) is 0 Å². The van der Waals surface area contributed by atoms with Gasteiger partial charge < -0.3 is 4.74 Å². The number of hydrogen-bond acceptors (Lipinski definition) is 3. The van der Waals surface area contributed by atoms with Crippen LogP contribution in [0.4, 0.5) is 0 Å². The molecule has 1 aliphatic rings. The van der Waals surface area contributed by atoms with Crippen molar-refractivity contribution in [1.82, 2.24) is 9.78 Å². The summed E-state index contributed by atoms with van der Waals surface area (Å²) in [6.45, 7) is 4.36. The maximum Gasteiger partial charge on any atom is 0.342 e. The highest BCUT2D eigenvalue weighted by molar-refractivity contribution is 14.1. The van der Waals surface area contributed by atoms with Gasteiger partial charge >= 0.3 is 5.97 Å². The smallest absolute Gasteiger partial charge is 0.342 e. The van der Waals surface area contributed by atoms with Crippen LogP contribution >= 0.6 is 22.6 Å². The largest absolute Gasteiger partial charge is 0.462 e. The Kier molecular flexibility index (Phi) is 3.51. The molecule has 0 saturated heterocycles. The molecule has 0 amide bonds. The Labute approximate surface area is 108 Å². The second-order valence-electron chi connectivity index (χ2n) is 4.09. The molecule has 5 heteroatoms. The zero-order chi connectivity index (χ0) is 11.7. The van der Waals surface area contributed by atoms with Crippen LogP contribution in [0.5, 0.6) is 0 Å². The molecule has 0 aliphatic heterocycles. The average Bonchev–Trinajstić information content (AvgIpc) is 3.02. The van der Waals surface area contributed by atoms with E-state index in [2.05, 4.69) is 34.6 Å². The lowest BCUT2D eigenvalue weighted by Gasteiger charge is -2.12. The fourth-order valence-electron chi connectivity index (χ4n) is 1.76. The molecule has 0 N–H and O–H groups in total. The van der Waals surface area contributed by atoms with E-state index in [-0.39, 0.29) is 5.97 Å². The van der Waals surface area contributed by atoms with E-state index in [1.165, 1.54) is 12.8 Å². The fourth-order valence-corrected chi connectivity index (χ4v) is 2.68. The maximum atomic E-state index is 11.6. The Morgan fingerprint density at radius 3 is 3.00 bits per heavy atom. The molecule has 1 fully saturated rings. The zero-order valence-corrected chi connectivity index (χ0v) is 11.6. The highest BCUT2D eigenvalue weighted by Crippen LogP contribution is 2.40. The number of aromatic nitrogens is 2. The molecule has 1 aliphatic carbocycles. The minimum atomic E-state index is -0.277. The average molecular weight is 334 g/mol. The lowest BCUT2D eigenvalue weighted by molar-refractivity contribution is 0.0525. The number of nitrogens with zero attached hydrogens (tertiary/aromatic N) is 2. The lowest BCUT2D eigenvalue weighted by atomic mass is 10.2. The van der Waals surface area contributed by atoms with E-state index in [0.717, 1.165) is 9.62 Å². The molecular formula is C11H15IN2O2. The van der Waals surface area contributed by atoms with Gasteiger partial charge in [0.1, 0.15) is 9.26 Å². The summed E-state index contributed by atoms with van der Waals surface area (Å²) in [4.78, 5) is 11.6. The molecular weight excluding hydrogens is 319 g/mol. The molecule has 0 bridgehead atoms. The monoisotopic (exact) mass is 334 g/mol. The summed E-state index contributed by atoms with van der Waals surface area (Å²) in [5.41, 5.74) is 0.579. The second-order valence-corrected chi connectivity index (χ2v) is 5.11. The van der Waals surface area contributed by atoms with Crippen molar-refractivity contribution in [2.45, 2.75) is 32.7 Å². The predicted octanol–water partition coefficient (Wildman–Crippen LogP) is 2.64. The van der Waals surface area contributed by atoms with Gasteiger partial charge in [0.15, 0.2) is 0 Å². The van der Waals surface area contributed by atoms with Crippen LogP contribution in [0, 0.1) is 9.62 Å². The van der Waals surface area contributed by atoms with E-state index < -0.39 is 0 Å². The number of esters is 1. The third-order valence-electron chi connectivity index (χ3n) is 2.92. The second kappa shape index (κ2) is 4.73. The van der Waals surface area contributed by atoms with Gasteiger partial charge in [-0.15, -0.1) is 0 Å². The van der Waals surface area contributed by atoms with E-state index >= 15 is 0 Å². The lowest BCUT2D eigenvalue weighted by Crippen LogP contribution is -2.12. The number of halogens is 1. The fraction of sp³-hybridized carbons (Fsp3) is 0.636. The molecule has 2 rings (SSSR count). The summed E-state index contributed by atoms with van der Waals surface area (Å²) < 4.78 is 7.80. The van der Waals surface area contributed by atoms with Gasteiger partial charge in [-0.3, -0.25) is 4.68 Å². The molecule has 16 heavy (non-hydrogen) atoms. The van der Waals surface area contributed by atoms with Gasteiger partial charge in [-0.1, -0.05) is 0 Å². The van der Waals surface area contributed by atoms with Crippen LogP contribution < -0.4 is 0 Å². The van der Waals surface area contributed by atoms with Crippen molar-refractivity contribution in [2.24, 2.45) is 5.92 Å². The number of carbonyl (C=O) groups is 1. The Morgan fingerprint density at radius 1 is 1.75 bits per heavy atom. The van der Waals surface area contributed by atoms with Crippen LogP contribution in [0.15, 0.2) is 6.20 Å². The Morgan fingerprint density at radius 2 is 2.44 bits per heavy atom. The van der Waals surface area contributed by atoms with Gasteiger partial charge in [0.25, 0.3) is 0 Å². The Balaban J connectivity index is 2.19. The van der Waals surface area contributed by atoms with Gasteiger partial charge in [-0.25, -0.2) is 4.79 Å². The van der Waals surface area contributed by atoms with Crippen LogP contribution in [-0.2, 0) is 4.74 Å². The number of ether oxygens (including phenoxy) is 1. The molecule has 1 heterocycles. The summed E-state index contributed by atoms with van der Waals surface area (Å²) in [7, 11) is 0. The maximum absolute atomic E-state index is 11.6. The van der Waals surface area contributed by atoms with Crippen LogP contribution in [0.3, 0.4) is 0 Å². The van der Waals surface area contributed by atoms with E-state index in [0.29, 0.717) is 18.2 Å². The van der Waals surface area contributed by atoms with Crippen molar-refractivity contribution in [3.8, 4) is 0 Å². The standard InChI is InChI=1S/C11H15IN2O2/c1-3-16-11(15)9-6-13-14(10(9)12)7(2)8-4-5-8/h6-8H,3-5H2,1-2H3/t7-/m0/s1. The summed E-state index contributed by atoms with van der Waals surface area (Å²) in [5.74, 6) is 0.449. The highest BCUT2D eigenvalue weighted by atomic mass is 127. The van der Waals surface area contributed by atoms with Gasteiger partial charge in [0.2, 0.25) is 0 Å². The first-order valence-electron chi connectivity index (χ1n) is 5.55. The molecule has 1 atom stereocenters. The van der Waals surface area contributed by atoms with Crippen molar-refractivity contribution < 1.29 is 9.53 Å². The molecule has 0 unspecified atom stereocenters. The molecule has 1 aromatic heterocycles. The molecule has 0 spiro atoms. The van der Waals surface area contributed by atoms with Crippen molar-refractivity contribution in [2.75, 3.05) is 6.61 Å². The van der Waals surface area contributed by atoms with Gasteiger partial charge in [0, 0.05) is 0 Å². The van der Waals surface area contributed by atoms with E-state index in [4.69, 9.17) is 4.74 Å². The first kappa shape index (κ1) is 11.9. The molecule has 0 aromatic carbocycles. The van der Waals surface area contributed by atoms with Gasteiger partial charge in [0.05, 0.1) is 18.8 Å². The van der Waals surface area contributed by atoms with E-state index in [1.807, 2.05) is 11.6 Å². The topological polar surface area (TPSA) is 44.1 Å². The van der Waals surface area contributed by atoms with Crippen LogP contribution in [0.2, 0.25) is 0 Å². The Bertz CT molecular complexity index is 399. The molecule has 4 nitrogen and oxygen atoms in total. The first-order valence-corrected chi connectivity index (χ1v) is 6.63. The highest BCUT2D eigenvalue weighted by Gasteiger charge is 2.31.